The third-order valence-corrected chi connectivity index (χ3v) is 5.73. The second kappa shape index (κ2) is 6.54. The molecule has 0 aliphatic heterocycles. The number of rotatable bonds is 5. The van der Waals surface area contributed by atoms with Crippen molar-refractivity contribution in [3.63, 3.8) is 0 Å². The molecule has 9 heteroatoms. The van der Waals surface area contributed by atoms with Gasteiger partial charge in [0.05, 0.1) is 10.8 Å². The molecular formula is C15H11ClN4O2S2. The van der Waals surface area contributed by atoms with E-state index in [1.54, 1.807) is 0 Å². The second-order valence-corrected chi connectivity index (χ2v) is 7.20. The van der Waals surface area contributed by atoms with E-state index in [4.69, 9.17) is 20.4 Å². The zero-order chi connectivity index (χ0) is 16.5. The maximum Gasteiger partial charge on any atom is 0.277 e. The number of hydrogen-bond acceptors (Lipinski definition) is 8. The fourth-order valence-corrected chi connectivity index (χ4v) is 4.16. The van der Waals surface area contributed by atoms with Crippen LogP contribution in [0.4, 0.5) is 0 Å². The van der Waals surface area contributed by atoms with E-state index in [1.807, 2.05) is 31.2 Å². The molecule has 0 unspecified atom stereocenters. The molecule has 0 radical (unpaired) electrons. The molecule has 4 rings (SSSR count). The van der Waals surface area contributed by atoms with Crippen molar-refractivity contribution >= 4 is 44.8 Å². The summed E-state index contributed by atoms with van der Waals surface area (Å²) >= 11 is 9.32. The lowest BCUT2D eigenvalue weighted by atomic mass is 10.2. The van der Waals surface area contributed by atoms with Crippen LogP contribution in [-0.2, 0) is 12.2 Å². The van der Waals surface area contributed by atoms with Gasteiger partial charge in [0.25, 0.3) is 11.1 Å². The molecule has 3 aromatic heterocycles. The summed E-state index contributed by atoms with van der Waals surface area (Å²) in [6.45, 7) is 1.96. The van der Waals surface area contributed by atoms with Gasteiger partial charge in [0, 0.05) is 16.5 Å². The maximum atomic E-state index is 6.44. The monoisotopic (exact) mass is 378 g/mol. The van der Waals surface area contributed by atoms with Crippen LogP contribution in [0.5, 0.6) is 0 Å². The SMILES string of the molecule is CCc1nnc(CSc2nnc(-c3sc4ccccc4c3Cl)o2)o1. The molecule has 24 heavy (non-hydrogen) atoms. The van der Waals surface area contributed by atoms with Crippen LogP contribution in [0.3, 0.4) is 0 Å². The van der Waals surface area contributed by atoms with Gasteiger partial charge in [-0.1, -0.05) is 48.5 Å². The van der Waals surface area contributed by atoms with Gasteiger partial charge in [0.1, 0.15) is 4.88 Å². The molecule has 0 fully saturated rings. The maximum absolute atomic E-state index is 6.44. The predicted octanol–water partition coefficient (Wildman–Crippen LogP) is 4.84. The molecule has 0 spiro atoms. The molecule has 0 N–H and O–H groups in total. The Kier molecular flexibility index (Phi) is 4.26. The summed E-state index contributed by atoms with van der Waals surface area (Å²) < 4.78 is 12.3. The predicted molar refractivity (Wildman–Crippen MR) is 93.4 cm³/mol. The minimum atomic E-state index is 0.420. The van der Waals surface area contributed by atoms with E-state index in [1.165, 1.54) is 23.1 Å². The van der Waals surface area contributed by atoms with Crippen molar-refractivity contribution in [1.29, 1.82) is 0 Å². The highest BCUT2D eigenvalue weighted by molar-refractivity contribution is 7.98. The summed E-state index contributed by atoms with van der Waals surface area (Å²) in [6.07, 6.45) is 0.715. The first-order valence-electron chi connectivity index (χ1n) is 7.19. The Morgan fingerprint density at radius 1 is 1.08 bits per heavy atom. The van der Waals surface area contributed by atoms with Gasteiger partial charge < -0.3 is 8.83 Å². The van der Waals surface area contributed by atoms with E-state index in [2.05, 4.69) is 20.4 Å². The van der Waals surface area contributed by atoms with Gasteiger partial charge in [0.15, 0.2) is 0 Å². The van der Waals surface area contributed by atoms with Crippen molar-refractivity contribution < 1.29 is 8.83 Å². The van der Waals surface area contributed by atoms with Crippen LogP contribution in [0, 0.1) is 0 Å². The molecule has 0 saturated heterocycles. The third-order valence-electron chi connectivity index (χ3n) is 3.27. The van der Waals surface area contributed by atoms with Gasteiger partial charge in [-0.25, -0.2) is 0 Å². The zero-order valence-electron chi connectivity index (χ0n) is 12.5. The molecule has 0 amide bonds. The summed E-state index contributed by atoms with van der Waals surface area (Å²) in [5.74, 6) is 2.06. The molecule has 0 atom stereocenters. The summed E-state index contributed by atoms with van der Waals surface area (Å²) in [7, 11) is 0. The molecule has 1 aromatic carbocycles. The Morgan fingerprint density at radius 2 is 1.92 bits per heavy atom. The highest BCUT2D eigenvalue weighted by atomic mass is 35.5. The first-order valence-corrected chi connectivity index (χ1v) is 9.37. The Balaban J connectivity index is 1.54. The zero-order valence-corrected chi connectivity index (χ0v) is 14.9. The molecule has 0 bridgehead atoms. The van der Waals surface area contributed by atoms with E-state index < -0.39 is 0 Å². The van der Waals surface area contributed by atoms with Crippen LogP contribution in [-0.4, -0.2) is 20.4 Å². The summed E-state index contributed by atoms with van der Waals surface area (Å²) in [5, 5.41) is 18.1. The minimum Gasteiger partial charge on any atom is -0.424 e. The van der Waals surface area contributed by atoms with E-state index >= 15 is 0 Å². The van der Waals surface area contributed by atoms with Crippen LogP contribution in [0.1, 0.15) is 18.7 Å². The Morgan fingerprint density at radius 3 is 2.71 bits per heavy atom. The van der Waals surface area contributed by atoms with Gasteiger partial charge >= 0.3 is 0 Å². The molecule has 4 aromatic rings. The van der Waals surface area contributed by atoms with Crippen molar-refractivity contribution in [1.82, 2.24) is 20.4 Å². The molecular weight excluding hydrogens is 368 g/mol. The second-order valence-electron chi connectivity index (χ2n) is 4.85. The first kappa shape index (κ1) is 15.6. The summed E-state index contributed by atoms with van der Waals surface area (Å²) in [6, 6.07) is 7.92. The van der Waals surface area contributed by atoms with E-state index in [-0.39, 0.29) is 0 Å². The number of nitrogens with zero attached hydrogens (tertiary/aromatic N) is 4. The van der Waals surface area contributed by atoms with Crippen molar-refractivity contribution in [3.05, 3.63) is 41.1 Å². The molecule has 0 aliphatic carbocycles. The summed E-state index contributed by atoms with van der Waals surface area (Å²) in [4.78, 5) is 0.781. The van der Waals surface area contributed by atoms with Crippen LogP contribution >= 0.6 is 34.7 Å². The largest absolute Gasteiger partial charge is 0.424 e. The normalized spacial score (nSPS) is 11.4. The smallest absolute Gasteiger partial charge is 0.277 e. The summed E-state index contributed by atoms with van der Waals surface area (Å²) in [5.41, 5.74) is 0. The third kappa shape index (κ3) is 2.92. The van der Waals surface area contributed by atoms with Crippen molar-refractivity contribution in [2.24, 2.45) is 0 Å². The van der Waals surface area contributed by atoms with Gasteiger partial charge in [-0.2, -0.15) is 0 Å². The van der Waals surface area contributed by atoms with Crippen molar-refractivity contribution in [3.8, 4) is 10.8 Å². The van der Waals surface area contributed by atoms with Gasteiger partial charge in [-0.15, -0.1) is 31.7 Å². The van der Waals surface area contributed by atoms with Crippen molar-refractivity contribution in [2.45, 2.75) is 24.3 Å². The lowest BCUT2D eigenvalue weighted by Crippen LogP contribution is -1.80. The standard InChI is InChI=1S/C15H11ClN4O2S2/c1-2-10-17-18-11(21-10)7-23-15-20-19-14(22-15)13-12(16)8-5-3-4-6-9(8)24-13/h3-6H,2,7H2,1H3. The Bertz CT molecular complexity index is 994. The topological polar surface area (TPSA) is 77.8 Å². The number of thiophene rings is 1. The molecule has 0 saturated carbocycles. The van der Waals surface area contributed by atoms with Crippen molar-refractivity contribution in [2.75, 3.05) is 0 Å². The number of fused-ring (bicyclic) bond motifs is 1. The van der Waals surface area contributed by atoms with E-state index in [0.717, 1.165) is 15.0 Å². The lowest BCUT2D eigenvalue weighted by molar-refractivity contribution is 0.459. The molecule has 6 nitrogen and oxygen atoms in total. The highest BCUT2D eigenvalue weighted by Crippen LogP contribution is 2.41. The van der Waals surface area contributed by atoms with Crippen LogP contribution in [0.2, 0.25) is 5.02 Å². The fraction of sp³-hybridized carbons (Fsp3) is 0.200. The average molecular weight is 379 g/mol. The number of aromatic nitrogens is 4. The average Bonchev–Trinajstić information content (AvgIpc) is 3.32. The lowest BCUT2D eigenvalue weighted by Gasteiger charge is -1.91. The number of thioether (sulfide) groups is 1. The van der Waals surface area contributed by atoms with Crippen LogP contribution < -0.4 is 0 Å². The molecule has 3 heterocycles. The molecule has 0 aliphatic rings. The Labute approximate surface area is 150 Å². The first-order chi connectivity index (χ1) is 11.7. The quantitative estimate of drug-likeness (QED) is 0.459. The van der Waals surface area contributed by atoms with Gasteiger partial charge in [0.2, 0.25) is 11.8 Å². The van der Waals surface area contributed by atoms with Gasteiger partial charge in [-0.05, 0) is 6.07 Å². The molecule has 122 valence electrons. The number of hydrogen-bond donors (Lipinski definition) is 0. The van der Waals surface area contributed by atoms with Crippen LogP contribution in [0.25, 0.3) is 20.9 Å². The number of benzene rings is 1. The number of halogens is 1. The Hall–Kier alpha value is -1.90. The van der Waals surface area contributed by atoms with Crippen LogP contribution in [0.15, 0.2) is 38.3 Å². The number of aryl methyl sites for hydroxylation is 1. The fourth-order valence-electron chi connectivity index (χ4n) is 2.12. The van der Waals surface area contributed by atoms with E-state index in [0.29, 0.717) is 40.1 Å². The van der Waals surface area contributed by atoms with Gasteiger partial charge in [-0.3, -0.25) is 0 Å². The van der Waals surface area contributed by atoms with E-state index in [9.17, 15) is 0 Å². The minimum absolute atomic E-state index is 0.420. The highest BCUT2D eigenvalue weighted by Gasteiger charge is 2.18.